The summed E-state index contributed by atoms with van der Waals surface area (Å²) in [6.45, 7) is 2.39. The zero-order chi connectivity index (χ0) is 13.8. The minimum atomic E-state index is -0.484. The Kier molecular flexibility index (Phi) is 3.81. The van der Waals surface area contributed by atoms with Gasteiger partial charge in [0.15, 0.2) is 0 Å². The van der Waals surface area contributed by atoms with E-state index in [1.807, 2.05) is 0 Å². The van der Waals surface area contributed by atoms with E-state index in [1.54, 1.807) is 19.1 Å². The first-order valence-corrected chi connectivity index (χ1v) is 6.06. The van der Waals surface area contributed by atoms with E-state index >= 15 is 0 Å². The second kappa shape index (κ2) is 5.53. The number of pyridine rings is 1. The van der Waals surface area contributed by atoms with Crippen LogP contribution in [0.3, 0.4) is 0 Å². The molecule has 1 amide bonds. The molecule has 1 aliphatic rings. The van der Waals surface area contributed by atoms with Crippen molar-refractivity contribution in [1.82, 2.24) is 4.98 Å². The largest absolute Gasteiger partial charge is 0.462 e. The molecule has 0 radical (unpaired) electrons. The lowest BCUT2D eigenvalue weighted by Gasteiger charge is -2.17. The maximum atomic E-state index is 11.9. The van der Waals surface area contributed by atoms with Gasteiger partial charge in [-0.3, -0.25) is 9.69 Å². The zero-order valence-electron chi connectivity index (χ0n) is 10.6. The summed E-state index contributed by atoms with van der Waals surface area (Å²) in [6, 6.07) is 3.23. The number of hydrogen-bond acceptors (Lipinski definition) is 4. The van der Waals surface area contributed by atoms with Crippen LogP contribution >= 0.6 is 0 Å². The molecule has 0 N–H and O–H groups in total. The maximum Gasteiger partial charge on any atom is 0.341 e. The zero-order valence-corrected chi connectivity index (χ0v) is 10.6. The molecule has 1 unspecified atom stereocenters. The van der Waals surface area contributed by atoms with Crippen molar-refractivity contribution in [3.63, 3.8) is 0 Å². The molecule has 5 nitrogen and oxygen atoms in total. The van der Waals surface area contributed by atoms with Gasteiger partial charge in [-0.1, -0.05) is 0 Å². The maximum absolute atomic E-state index is 11.9. The smallest absolute Gasteiger partial charge is 0.341 e. The van der Waals surface area contributed by atoms with Crippen LogP contribution in [0.25, 0.3) is 0 Å². The predicted molar refractivity (Wildman–Crippen MR) is 69.5 cm³/mol. The third-order valence-corrected chi connectivity index (χ3v) is 2.90. The van der Waals surface area contributed by atoms with Gasteiger partial charge in [0, 0.05) is 25.1 Å². The van der Waals surface area contributed by atoms with Gasteiger partial charge in [-0.2, -0.15) is 0 Å². The van der Waals surface area contributed by atoms with Gasteiger partial charge in [0.2, 0.25) is 5.91 Å². The summed E-state index contributed by atoms with van der Waals surface area (Å²) in [4.78, 5) is 29.3. The van der Waals surface area contributed by atoms with E-state index in [0.717, 1.165) is 0 Å². The van der Waals surface area contributed by atoms with Crippen molar-refractivity contribution in [3.05, 3.63) is 23.9 Å². The average molecular weight is 258 g/mol. The predicted octanol–water partition coefficient (Wildman–Crippen LogP) is 1.24. The number of anilines is 1. The SMILES string of the molecule is C#CC1CC(=O)N(c2ncccc2C(=O)OCC)C1. The number of ether oxygens (including phenoxy) is 1. The molecule has 0 saturated carbocycles. The molecular weight excluding hydrogens is 244 g/mol. The summed E-state index contributed by atoms with van der Waals surface area (Å²) in [6.07, 6.45) is 7.16. The number of aromatic nitrogens is 1. The summed E-state index contributed by atoms with van der Waals surface area (Å²) < 4.78 is 4.96. The molecule has 1 fully saturated rings. The third-order valence-electron chi connectivity index (χ3n) is 2.90. The van der Waals surface area contributed by atoms with Gasteiger partial charge in [0.1, 0.15) is 11.4 Å². The highest BCUT2D eigenvalue weighted by atomic mass is 16.5. The number of carbonyl (C=O) groups excluding carboxylic acids is 2. The second-order valence-corrected chi connectivity index (χ2v) is 4.17. The number of esters is 1. The van der Waals surface area contributed by atoms with Crippen LogP contribution < -0.4 is 4.90 Å². The first-order valence-electron chi connectivity index (χ1n) is 6.06. The van der Waals surface area contributed by atoms with Crippen LogP contribution in [0.5, 0.6) is 0 Å². The summed E-state index contributed by atoms with van der Waals surface area (Å²) in [5, 5.41) is 0. The Morgan fingerprint density at radius 3 is 3.11 bits per heavy atom. The second-order valence-electron chi connectivity index (χ2n) is 4.17. The van der Waals surface area contributed by atoms with Crippen molar-refractivity contribution in [2.75, 3.05) is 18.1 Å². The molecule has 1 aromatic heterocycles. The van der Waals surface area contributed by atoms with Crippen molar-refractivity contribution in [3.8, 4) is 12.3 Å². The van der Waals surface area contributed by atoms with Crippen molar-refractivity contribution >= 4 is 17.7 Å². The van der Waals surface area contributed by atoms with E-state index in [2.05, 4.69) is 10.9 Å². The number of carbonyl (C=O) groups is 2. The van der Waals surface area contributed by atoms with Crippen molar-refractivity contribution in [2.45, 2.75) is 13.3 Å². The van der Waals surface area contributed by atoms with Gasteiger partial charge in [0.25, 0.3) is 0 Å². The third kappa shape index (κ3) is 2.58. The number of nitrogens with zero attached hydrogens (tertiary/aromatic N) is 2. The summed E-state index contributed by atoms with van der Waals surface area (Å²) in [5.74, 6) is 2.15. The summed E-state index contributed by atoms with van der Waals surface area (Å²) >= 11 is 0. The fourth-order valence-electron chi connectivity index (χ4n) is 2.00. The molecule has 1 atom stereocenters. The molecule has 2 rings (SSSR count). The molecule has 98 valence electrons. The van der Waals surface area contributed by atoms with Crippen LogP contribution in [-0.4, -0.2) is 30.0 Å². The molecule has 19 heavy (non-hydrogen) atoms. The first kappa shape index (κ1) is 13.1. The number of terminal acetylenes is 1. The van der Waals surface area contributed by atoms with E-state index in [9.17, 15) is 9.59 Å². The lowest BCUT2D eigenvalue weighted by atomic mass is 10.1. The quantitative estimate of drug-likeness (QED) is 0.604. The molecule has 1 saturated heterocycles. The Bertz CT molecular complexity index is 548. The van der Waals surface area contributed by atoms with Crippen LogP contribution in [0.15, 0.2) is 18.3 Å². The monoisotopic (exact) mass is 258 g/mol. The van der Waals surface area contributed by atoms with Gasteiger partial charge >= 0.3 is 5.97 Å². The molecule has 0 bridgehead atoms. The minimum absolute atomic E-state index is 0.118. The molecule has 1 aromatic rings. The Morgan fingerprint density at radius 2 is 2.47 bits per heavy atom. The van der Waals surface area contributed by atoms with Gasteiger partial charge in [-0.15, -0.1) is 12.3 Å². The Hall–Kier alpha value is -2.35. The lowest BCUT2D eigenvalue weighted by Crippen LogP contribution is -2.27. The fourth-order valence-corrected chi connectivity index (χ4v) is 2.00. The van der Waals surface area contributed by atoms with Gasteiger partial charge in [-0.25, -0.2) is 9.78 Å². The topological polar surface area (TPSA) is 59.5 Å². The lowest BCUT2D eigenvalue weighted by molar-refractivity contribution is -0.117. The van der Waals surface area contributed by atoms with E-state index in [0.29, 0.717) is 12.4 Å². The average Bonchev–Trinajstić information content (AvgIpc) is 2.80. The number of hydrogen-bond donors (Lipinski definition) is 0. The van der Waals surface area contributed by atoms with Crippen molar-refractivity contribution in [2.24, 2.45) is 5.92 Å². The number of rotatable bonds is 3. The molecule has 5 heteroatoms. The van der Waals surface area contributed by atoms with Crippen LogP contribution in [0.1, 0.15) is 23.7 Å². The molecule has 0 aromatic carbocycles. The standard InChI is InChI=1S/C14H14N2O3/c1-3-10-8-12(17)16(9-10)13-11(6-5-7-15-13)14(18)19-4-2/h1,5-7,10H,4,8-9H2,2H3. The molecule has 2 heterocycles. The van der Waals surface area contributed by atoms with E-state index in [-0.39, 0.29) is 30.4 Å². The molecular formula is C14H14N2O3. The van der Waals surface area contributed by atoms with E-state index in [4.69, 9.17) is 11.2 Å². The summed E-state index contributed by atoms with van der Waals surface area (Å²) in [5.41, 5.74) is 0.287. The first-order chi connectivity index (χ1) is 9.17. The van der Waals surface area contributed by atoms with Gasteiger partial charge in [0.05, 0.1) is 6.61 Å². The number of amides is 1. The Balaban J connectivity index is 2.33. The Labute approximate surface area is 111 Å². The van der Waals surface area contributed by atoms with Crippen LogP contribution in [-0.2, 0) is 9.53 Å². The highest BCUT2D eigenvalue weighted by molar-refractivity contribution is 6.02. The molecule has 0 spiro atoms. The minimum Gasteiger partial charge on any atom is -0.462 e. The van der Waals surface area contributed by atoms with Crippen molar-refractivity contribution in [1.29, 1.82) is 0 Å². The highest BCUT2D eigenvalue weighted by Gasteiger charge is 2.32. The normalized spacial score (nSPS) is 18.2. The summed E-state index contributed by atoms with van der Waals surface area (Å²) in [7, 11) is 0. The van der Waals surface area contributed by atoms with E-state index in [1.165, 1.54) is 11.1 Å². The van der Waals surface area contributed by atoms with Crippen LogP contribution in [0.4, 0.5) is 5.82 Å². The highest BCUT2D eigenvalue weighted by Crippen LogP contribution is 2.26. The molecule has 1 aliphatic heterocycles. The molecule has 0 aliphatic carbocycles. The van der Waals surface area contributed by atoms with E-state index < -0.39 is 5.97 Å². The van der Waals surface area contributed by atoms with Gasteiger partial charge in [-0.05, 0) is 19.1 Å². The van der Waals surface area contributed by atoms with Crippen LogP contribution in [0.2, 0.25) is 0 Å². The van der Waals surface area contributed by atoms with Crippen molar-refractivity contribution < 1.29 is 14.3 Å². The Morgan fingerprint density at radius 1 is 1.68 bits per heavy atom. The van der Waals surface area contributed by atoms with Gasteiger partial charge < -0.3 is 4.74 Å². The fraction of sp³-hybridized carbons (Fsp3) is 0.357. The van der Waals surface area contributed by atoms with Crippen LogP contribution in [0, 0.1) is 18.3 Å².